The highest BCUT2D eigenvalue weighted by atomic mass is 35.5. The number of unbranched alkanes of at least 4 members (excludes halogenated alkanes) is 1. The van der Waals surface area contributed by atoms with E-state index in [1.807, 2.05) is 6.20 Å². The molecule has 1 heterocycles. The summed E-state index contributed by atoms with van der Waals surface area (Å²) >= 11 is 12.6. The normalized spacial score (nSPS) is 24.9. The predicted octanol–water partition coefficient (Wildman–Crippen LogP) is 5.03. The highest BCUT2D eigenvalue weighted by Gasteiger charge is 2.32. The number of H-pyrrole nitrogens is 1. The van der Waals surface area contributed by atoms with Crippen molar-refractivity contribution in [3.8, 4) is 0 Å². The third kappa shape index (κ3) is 5.30. The zero-order chi connectivity index (χ0) is 18.4. The lowest BCUT2D eigenvalue weighted by molar-refractivity contribution is 0.0945. The molecule has 25 heavy (non-hydrogen) atoms. The lowest BCUT2D eigenvalue weighted by Gasteiger charge is -2.29. The van der Waals surface area contributed by atoms with Crippen LogP contribution in [0.4, 0.5) is 5.82 Å². The van der Waals surface area contributed by atoms with Crippen molar-refractivity contribution in [2.75, 3.05) is 12.3 Å². The average molecular weight is 388 g/mol. The highest BCUT2D eigenvalue weighted by Crippen LogP contribution is 2.39. The standard InChI is InChI=1S/C19H31Cl2N3O/c1-3-5-6-12(4-2)10-24-19(25)17-14(11-23-18(17)22)13-7-8-15(20)16(21)9-13/h11-13,15-16,23H,3-10,22H2,1-2H3,(H,24,25). The Morgan fingerprint density at radius 2 is 2.12 bits per heavy atom. The van der Waals surface area contributed by atoms with Crippen LogP contribution in [0, 0.1) is 5.92 Å². The Kier molecular flexibility index (Phi) is 7.95. The summed E-state index contributed by atoms with van der Waals surface area (Å²) in [5.74, 6) is 1.11. The highest BCUT2D eigenvalue weighted by molar-refractivity contribution is 6.30. The molecule has 2 rings (SSSR count). The van der Waals surface area contributed by atoms with E-state index in [1.54, 1.807) is 0 Å². The van der Waals surface area contributed by atoms with E-state index in [4.69, 9.17) is 28.9 Å². The molecule has 0 aromatic carbocycles. The van der Waals surface area contributed by atoms with Crippen molar-refractivity contribution in [1.82, 2.24) is 10.3 Å². The Morgan fingerprint density at radius 1 is 1.36 bits per heavy atom. The first-order valence-electron chi connectivity index (χ1n) is 9.50. The van der Waals surface area contributed by atoms with E-state index < -0.39 is 0 Å². The third-order valence-corrected chi connectivity index (χ3v) is 6.53. The van der Waals surface area contributed by atoms with Gasteiger partial charge in [-0.3, -0.25) is 4.79 Å². The van der Waals surface area contributed by atoms with Crippen molar-refractivity contribution in [2.45, 2.75) is 75.5 Å². The second-order valence-corrected chi connectivity index (χ2v) is 8.32. The van der Waals surface area contributed by atoms with Crippen molar-refractivity contribution in [3.05, 3.63) is 17.3 Å². The minimum absolute atomic E-state index is 0.00959. The molecule has 0 aliphatic heterocycles. The molecule has 4 unspecified atom stereocenters. The van der Waals surface area contributed by atoms with Crippen LogP contribution in [-0.4, -0.2) is 28.2 Å². The summed E-state index contributed by atoms with van der Waals surface area (Å²) in [5.41, 5.74) is 7.62. The van der Waals surface area contributed by atoms with Gasteiger partial charge in [0.05, 0.1) is 10.9 Å². The Labute approximate surface area is 161 Å². The number of alkyl halides is 2. The Hall–Kier alpha value is -0.870. The van der Waals surface area contributed by atoms with Crippen LogP contribution in [0.1, 0.15) is 80.6 Å². The second-order valence-electron chi connectivity index (χ2n) is 7.20. The number of rotatable bonds is 8. The fraction of sp³-hybridized carbons (Fsp3) is 0.737. The molecule has 0 spiro atoms. The fourth-order valence-corrected chi connectivity index (χ4v) is 4.23. The van der Waals surface area contributed by atoms with Crippen LogP contribution in [-0.2, 0) is 0 Å². The van der Waals surface area contributed by atoms with Gasteiger partial charge >= 0.3 is 0 Å². The first-order chi connectivity index (χ1) is 12.0. The molecule has 0 saturated heterocycles. The van der Waals surface area contributed by atoms with Gasteiger partial charge < -0.3 is 16.0 Å². The quantitative estimate of drug-likeness (QED) is 0.547. The molecule has 142 valence electrons. The van der Waals surface area contributed by atoms with Gasteiger partial charge in [-0.15, -0.1) is 23.2 Å². The van der Waals surface area contributed by atoms with Crippen molar-refractivity contribution in [2.24, 2.45) is 5.92 Å². The zero-order valence-electron chi connectivity index (χ0n) is 15.3. The van der Waals surface area contributed by atoms with Crippen LogP contribution in [0.2, 0.25) is 0 Å². The van der Waals surface area contributed by atoms with Gasteiger partial charge in [-0.05, 0) is 43.1 Å². The maximum Gasteiger partial charge on any atom is 0.255 e. The van der Waals surface area contributed by atoms with E-state index in [2.05, 4.69) is 24.1 Å². The van der Waals surface area contributed by atoms with Crippen LogP contribution in [0.3, 0.4) is 0 Å². The van der Waals surface area contributed by atoms with E-state index in [-0.39, 0.29) is 22.6 Å². The van der Waals surface area contributed by atoms with Crippen LogP contribution in [0.5, 0.6) is 0 Å². The molecule has 1 aromatic heterocycles. The molecule has 1 aliphatic rings. The number of amides is 1. The van der Waals surface area contributed by atoms with Crippen LogP contribution in [0.25, 0.3) is 0 Å². The zero-order valence-corrected chi connectivity index (χ0v) is 16.8. The smallest absolute Gasteiger partial charge is 0.255 e. The second kappa shape index (κ2) is 9.72. The van der Waals surface area contributed by atoms with Gasteiger partial charge in [0, 0.05) is 18.1 Å². The summed E-state index contributed by atoms with van der Waals surface area (Å²) in [5, 5.41) is 3.03. The molecular weight excluding hydrogens is 357 g/mol. The number of nitrogen functional groups attached to an aromatic ring is 1. The predicted molar refractivity (Wildman–Crippen MR) is 107 cm³/mol. The molecule has 4 atom stereocenters. The molecule has 0 radical (unpaired) electrons. The Balaban J connectivity index is 2.03. The van der Waals surface area contributed by atoms with Crippen molar-refractivity contribution in [1.29, 1.82) is 0 Å². The van der Waals surface area contributed by atoms with E-state index in [0.29, 0.717) is 23.8 Å². The molecule has 1 amide bonds. The van der Waals surface area contributed by atoms with Crippen molar-refractivity contribution in [3.63, 3.8) is 0 Å². The lowest BCUT2D eigenvalue weighted by atomic mass is 9.83. The number of nitrogens with two attached hydrogens (primary N) is 1. The van der Waals surface area contributed by atoms with E-state index >= 15 is 0 Å². The number of anilines is 1. The van der Waals surface area contributed by atoms with E-state index in [1.165, 1.54) is 12.8 Å². The number of aromatic amines is 1. The summed E-state index contributed by atoms with van der Waals surface area (Å²) in [6.07, 6.45) is 9.04. The fourth-order valence-electron chi connectivity index (χ4n) is 3.66. The molecule has 1 aromatic rings. The van der Waals surface area contributed by atoms with Gasteiger partial charge in [-0.2, -0.15) is 0 Å². The molecular formula is C19H31Cl2N3O. The third-order valence-electron chi connectivity index (χ3n) is 5.40. The molecule has 4 N–H and O–H groups in total. The monoisotopic (exact) mass is 387 g/mol. The lowest BCUT2D eigenvalue weighted by Crippen LogP contribution is -2.31. The van der Waals surface area contributed by atoms with Gasteiger partial charge in [0.1, 0.15) is 5.82 Å². The minimum Gasteiger partial charge on any atom is -0.385 e. The van der Waals surface area contributed by atoms with Gasteiger partial charge in [-0.1, -0.05) is 33.1 Å². The number of halogens is 2. The SMILES string of the molecule is CCCCC(CC)CNC(=O)c1c(C2CCC(Cl)C(Cl)C2)c[nH]c1N. The molecule has 4 nitrogen and oxygen atoms in total. The van der Waals surface area contributed by atoms with Gasteiger partial charge in [-0.25, -0.2) is 0 Å². The Bertz CT molecular complexity index is 561. The van der Waals surface area contributed by atoms with Gasteiger partial charge in [0.15, 0.2) is 0 Å². The van der Waals surface area contributed by atoms with Crippen LogP contribution in [0.15, 0.2) is 6.20 Å². The summed E-state index contributed by atoms with van der Waals surface area (Å²) in [7, 11) is 0. The summed E-state index contributed by atoms with van der Waals surface area (Å²) < 4.78 is 0. The van der Waals surface area contributed by atoms with Gasteiger partial charge in [0.2, 0.25) is 0 Å². The molecule has 0 bridgehead atoms. The number of aromatic nitrogens is 1. The Morgan fingerprint density at radius 3 is 2.76 bits per heavy atom. The number of nitrogens with one attached hydrogen (secondary N) is 2. The summed E-state index contributed by atoms with van der Waals surface area (Å²) in [6.45, 7) is 5.07. The number of carbonyl (C=O) groups excluding carboxylic acids is 1. The topological polar surface area (TPSA) is 70.9 Å². The van der Waals surface area contributed by atoms with Crippen molar-refractivity contribution >= 4 is 34.9 Å². The average Bonchev–Trinajstić information content (AvgIpc) is 2.99. The minimum atomic E-state index is -0.0807. The van der Waals surface area contributed by atoms with E-state index in [0.717, 1.165) is 37.7 Å². The molecule has 6 heteroatoms. The summed E-state index contributed by atoms with van der Waals surface area (Å²) in [4.78, 5) is 15.8. The van der Waals surface area contributed by atoms with Crippen LogP contribution < -0.4 is 11.1 Å². The van der Waals surface area contributed by atoms with Crippen LogP contribution >= 0.6 is 23.2 Å². The first-order valence-corrected chi connectivity index (χ1v) is 10.4. The molecule has 1 aliphatic carbocycles. The molecule has 1 saturated carbocycles. The van der Waals surface area contributed by atoms with Gasteiger partial charge in [0.25, 0.3) is 5.91 Å². The largest absolute Gasteiger partial charge is 0.385 e. The molecule has 1 fully saturated rings. The maximum absolute atomic E-state index is 12.8. The first kappa shape index (κ1) is 20.4. The summed E-state index contributed by atoms with van der Waals surface area (Å²) in [6, 6.07) is 0. The number of hydrogen-bond acceptors (Lipinski definition) is 2. The van der Waals surface area contributed by atoms with Crippen molar-refractivity contribution < 1.29 is 4.79 Å². The maximum atomic E-state index is 12.8. The van der Waals surface area contributed by atoms with E-state index in [9.17, 15) is 4.79 Å². The number of hydrogen-bond donors (Lipinski definition) is 3. The number of carbonyl (C=O) groups is 1.